The summed E-state index contributed by atoms with van der Waals surface area (Å²) in [5, 5.41) is 1.97. The topological polar surface area (TPSA) is 49.9 Å². The van der Waals surface area contributed by atoms with Crippen molar-refractivity contribution >= 4 is 23.2 Å². The Morgan fingerprint density at radius 1 is 1.26 bits per heavy atom. The Bertz CT molecular complexity index is 758. The van der Waals surface area contributed by atoms with Gasteiger partial charge in [0.1, 0.15) is 11.8 Å². The van der Waals surface area contributed by atoms with Crippen LogP contribution in [0.15, 0.2) is 41.8 Å². The Hall–Kier alpha value is -2.34. The minimum absolute atomic E-state index is 0.0147. The van der Waals surface area contributed by atoms with Gasteiger partial charge in [-0.3, -0.25) is 9.59 Å². The van der Waals surface area contributed by atoms with Gasteiger partial charge in [0, 0.05) is 25.0 Å². The van der Waals surface area contributed by atoms with Crippen molar-refractivity contribution in [2.45, 2.75) is 38.8 Å². The number of nitrogens with zero attached hydrogens (tertiary/aromatic N) is 2. The number of hydrogen-bond donors (Lipinski definition) is 0. The first-order valence-corrected chi connectivity index (χ1v) is 10.2. The zero-order valence-corrected chi connectivity index (χ0v) is 16.7. The van der Waals surface area contributed by atoms with Gasteiger partial charge in [0.25, 0.3) is 0 Å². The molecule has 1 aromatic carbocycles. The predicted octanol–water partition coefficient (Wildman–Crippen LogP) is 3.34. The Kier molecular flexibility index (Phi) is 6.50. The predicted molar refractivity (Wildman–Crippen MR) is 107 cm³/mol. The van der Waals surface area contributed by atoms with E-state index in [4.69, 9.17) is 4.74 Å². The highest BCUT2D eigenvalue weighted by molar-refractivity contribution is 7.10. The van der Waals surface area contributed by atoms with E-state index in [1.165, 1.54) is 0 Å². The van der Waals surface area contributed by atoms with Gasteiger partial charge in [-0.2, -0.15) is 0 Å². The largest absolute Gasteiger partial charge is 0.494 e. The van der Waals surface area contributed by atoms with Crippen LogP contribution in [0, 0.1) is 0 Å². The summed E-state index contributed by atoms with van der Waals surface area (Å²) in [6.45, 7) is 3.77. The molecule has 3 rings (SSSR count). The van der Waals surface area contributed by atoms with Crippen LogP contribution >= 0.6 is 11.3 Å². The van der Waals surface area contributed by atoms with Crippen molar-refractivity contribution in [2.75, 3.05) is 20.2 Å². The number of benzene rings is 1. The van der Waals surface area contributed by atoms with Crippen LogP contribution in [0.3, 0.4) is 0 Å². The SMILES string of the molecule is CCOc1ccc(CN(C)C(=O)C2CCCN2C(=O)Cc2cccs2)cc1. The second kappa shape index (κ2) is 9.04. The molecule has 0 aliphatic carbocycles. The first-order chi connectivity index (χ1) is 13.1. The summed E-state index contributed by atoms with van der Waals surface area (Å²) in [7, 11) is 1.80. The van der Waals surface area contributed by atoms with Crippen molar-refractivity contribution in [2.24, 2.45) is 0 Å². The van der Waals surface area contributed by atoms with Crippen LogP contribution in [-0.2, 0) is 22.6 Å². The third-order valence-corrected chi connectivity index (χ3v) is 5.67. The Morgan fingerprint density at radius 2 is 2.04 bits per heavy atom. The van der Waals surface area contributed by atoms with Crippen LogP contribution in [-0.4, -0.2) is 47.9 Å². The molecule has 0 spiro atoms. The summed E-state index contributed by atoms with van der Waals surface area (Å²) in [6, 6.07) is 11.4. The molecule has 1 fully saturated rings. The monoisotopic (exact) mass is 386 g/mol. The second-order valence-electron chi connectivity index (χ2n) is 6.77. The molecule has 27 heavy (non-hydrogen) atoms. The third-order valence-electron chi connectivity index (χ3n) is 4.79. The van der Waals surface area contributed by atoms with Gasteiger partial charge in [0.05, 0.1) is 13.0 Å². The van der Waals surface area contributed by atoms with Crippen LogP contribution in [0.2, 0.25) is 0 Å². The maximum atomic E-state index is 12.9. The molecule has 144 valence electrons. The smallest absolute Gasteiger partial charge is 0.245 e. The van der Waals surface area contributed by atoms with Gasteiger partial charge >= 0.3 is 0 Å². The lowest BCUT2D eigenvalue weighted by Gasteiger charge is -2.28. The molecule has 2 aromatic rings. The molecule has 1 saturated heterocycles. The number of amides is 2. The van der Waals surface area contributed by atoms with E-state index in [0.717, 1.165) is 29.0 Å². The standard InChI is InChI=1S/C21H26N2O3S/c1-3-26-17-10-8-16(9-11-17)15-22(2)21(25)19-7-4-12-23(19)20(24)14-18-6-5-13-27-18/h5-6,8-11,13,19H,3-4,7,12,14-15H2,1-2H3. The number of carbonyl (C=O) groups excluding carboxylic acids is 2. The molecule has 1 unspecified atom stereocenters. The van der Waals surface area contributed by atoms with E-state index in [0.29, 0.717) is 26.1 Å². The van der Waals surface area contributed by atoms with Gasteiger partial charge < -0.3 is 14.5 Å². The number of likely N-dealkylation sites (tertiary alicyclic amines) is 1. The van der Waals surface area contributed by atoms with Crippen LogP contribution < -0.4 is 4.74 Å². The lowest BCUT2D eigenvalue weighted by atomic mass is 10.1. The average Bonchev–Trinajstić information content (AvgIpc) is 3.34. The summed E-state index contributed by atoms with van der Waals surface area (Å²) in [5.41, 5.74) is 1.05. The molecule has 1 atom stereocenters. The molecular formula is C21H26N2O3S. The number of likely N-dealkylation sites (N-methyl/N-ethyl adjacent to an activating group) is 1. The highest BCUT2D eigenvalue weighted by Crippen LogP contribution is 2.22. The van der Waals surface area contributed by atoms with E-state index in [1.807, 2.05) is 48.7 Å². The fourth-order valence-electron chi connectivity index (χ4n) is 3.45. The summed E-state index contributed by atoms with van der Waals surface area (Å²) < 4.78 is 5.45. The van der Waals surface area contributed by atoms with E-state index in [9.17, 15) is 9.59 Å². The van der Waals surface area contributed by atoms with Gasteiger partial charge in [-0.25, -0.2) is 0 Å². The molecule has 1 aromatic heterocycles. The molecule has 0 radical (unpaired) electrons. The van der Waals surface area contributed by atoms with E-state index < -0.39 is 0 Å². The average molecular weight is 387 g/mol. The van der Waals surface area contributed by atoms with E-state index in [1.54, 1.807) is 28.2 Å². The molecule has 0 bridgehead atoms. The third kappa shape index (κ3) is 4.89. The van der Waals surface area contributed by atoms with Crippen LogP contribution in [0.1, 0.15) is 30.2 Å². The van der Waals surface area contributed by atoms with Crippen molar-refractivity contribution in [1.82, 2.24) is 9.80 Å². The van der Waals surface area contributed by atoms with Crippen LogP contribution in [0.4, 0.5) is 0 Å². The maximum Gasteiger partial charge on any atom is 0.245 e. The van der Waals surface area contributed by atoms with Crippen molar-refractivity contribution in [1.29, 1.82) is 0 Å². The number of carbonyl (C=O) groups is 2. The van der Waals surface area contributed by atoms with Crippen LogP contribution in [0.25, 0.3) is 0 Å². The summed E-state index contributed by atoms with van der Waals surface area (Å²) in [5.74, 6) is 0.889. The first-order valence-electron chi connectivity index (χ1n) is 9.37. The number of ether oxygens (including phenoxy) is 1. The Labute approximate surface area is 164 Å². The minimum atomic E-state index is -0.342. The fraction of sp³-hybridized carbons (Fsp3) is 0.429. The molecule has 2 heterocycles. The molecule has 0 N–H and O–H groups in total. The molecule has 1 aliphatic rings. The molecule has 1 aliphatic heterocycles. The van der Waals surface area contributed by atoms with Gasteiger partial charge in [0.2, 0.25) is 11.8 Å². The Balaban J connectivity index is 1.60. The van der Waals surface area contributed by atoms with Crippen molar-refractivity contribution in [3.63, 3.8) is 0 Å². The normalized spacial score (nSPS) is 16.4. The second-order valence-corrected chi connectivity index (χ2v) is 7.80. The Morgan fingerprint density at radius 3 is 2.70 bits per heavy atom. The van der Waals surface area contributed by atoms with Crippen molar-refractivity contribution in [3.8, 4) is 5.75 Å². The van der Waals surface area contributed by atoms with Gasteiger partial charge in [-0.15, -0.1) is 11.3 Å². The minimum Gasteiger partial charge on any atom is -0.494 e. The van der Waals surface area contributed by atoms with Crippen molar-refractivity contribution in [3.05, 3.63) is 52.2 Å². The van der Waals surface area contributed by atoms with E-state index in [-0.39, 0.29) is 17.9 Å². The van der Waals surface area contributed by atoms with Crippen molar-refractivity contribution < 1.29 is 14.3 Å². The zero-order valence-electron chi connectivity index (χ0n) is 15.9. The van der Waals surface area contributed by atoms with Gasteiger partial charge in [-0.05, 0) is 48.9 Å². The molecular weight excluding hydrogens is 360 g/mol. The van der Waals surface area contributed by atoms with Crippen LogP contribution in [0.5, 0.6) is 5.75 Å². The van der Waals surface area contributed by atoms with Gasteiger partial charge in [0.15, 0.2) is 0 Å². The van der Waals surface area contributed by atoms with E-state index in [2.05, 4.69) is 0 Å². The fourth-order valence-corrected chi connectivity index (χ4v) is 4.15. The van der Waals surface area contributed by atoms with Gasteiger partial charge in [-0.1, -0.05) is 18.2 Å². The lowest BCUT2D eigenvalue weighted by molar-refractivity contribution is -0.143. The number of thiophene rings is 1. The molecule has 5 nitrogen and oxygen atoms in total. The molecule has 2 amide bonds. The quantitative estimate of drug-likeness (QED) is 0.733. The maximum absolute atomic E-state index is 12.9. The summed E-state index contributed by atoms with van der Waals surface area (Å²) in [6.07, 6.45) is 2.00. The lowest BCUT2D eigenvalue weighted by Crippen LogP contribution is -2.46. The number of hydrogen-bond acceptors (Lipinski definition) is 4. The molecule has 6 heteroatoms. The highest BCUT2D eigenvalue weighted by atomic mass is 32.1. The first kappa shape index (κ1) is 19.4. The van der Waals surface area contributed by atoms with E-state index >= 15 is 0 Å². The summed E-state index contributed by atoms with van der Waals surface area (Å²) >= 11 is 1.58. The molecule has 0 saturated carbocycles. The summed E-state index contributed by atoms with van der Waals surface area (Å²) in [4.78, 5) is 30.1. The zero-order chi connectivity index (χ0) is 19.2. The number of rotatable bonds is 7. The highest BCUT2D eigenvalue weighted by Gasteiger charge is 2.35.